The molecule has 2 heterocycles. The van der Waals surface area contributed by atoms with Gasteiger partial charge in [0, 0.05) is 10.8 Å². The molecular formula is C15H12N6. The molecule has 0 aliphatic rings. The van der Waals surface area contributed by atoms with Crippen LogP contribution in [0.1, 0.15) is 0 Å². The largest absolute Gasteiger partial charge is 0.292 e. The Kier molecular flexibility index (Phi) is 2.55. The van der Waals surface area contributed by atoms with Crippen molar-refractivity contribution in [3.05, 3.63) is 54.7 Å². The molecule has 4 rings (SSSR count). The van der Waals surface area contributed by atoms with Gasteiger partial charge in [0.25, 0.3) is 0 Å². The van der Waals surface area contributed by atoms with Crippen LogP contribution >= 0.6 is 0 Å². The molecule has 0 saturated heterocycles. The van der Waals surface area contributed by atoms with Crippen LogP contribution in [0.2, 0.25) is 0 Å². The number of aromatic nitrogens is 4. The minimum absolute atomic E-state index is 0.364. The highest BCUT2D eigenvalue weighted by atomic mass is 15.4. The number of para-hydroxylation sites is 2. The number of nitrogens with two attached hydrogens (primary N) is 1. The topological polar surface area (TPSA) is 81.6 Å². The maximum absolute atomic E-state index is 5.47. The molecule has 4 aromatic rings. The monoisotopic (exact) mass is 276 g/mol. The van der Waals surface area contributed by atoms with Crippen molar-refractivity contribution in [2.45, 2.75) is 0 Å². The lowest BCUT2D eigenvalue weighted by molar-refractivity contribution is 0.878. The van der Waals surface area contributed by atoms with Crippen molar-refractivity contribution in [2.75, 3.05) is 5.43 Å². The van der Waals surface area contributed by atoms with E-state index in [1.54, 1.807) is 4.68 Å². The Morgan fingerprint density at radius 2 is 1.76 bits per heavy atom. The van der Waals surface area contributed by atoms with Gasteiger partial charge in [0.15, 0.2) is 5.82 Å². The van der Waals surface area contributed by atoms with E-state index in [0.717, 1.165) is 21.8 Å². The van der Waals surface area contributed by atoms with Gasteiger partial charge in [-0.25, -0.2) is 15.5 Å². The first-order valence-corrected chi connectivity index (χ1v) is 6.53. The van der Waals surface area contributed by atoms with Crippen molar-refractivity contribution >= 4 is 27.8 Å². The Morgan fingerprint density at radius 1 is 0.952 bits per heavy atom. The Hall–Kier alpha value is -2.99. The molecule has 0 radical (unpaired) electrons. The third kappa shape index (κ3) is 1.81. The van der Waals surface area contributed by atoms with E-state index in [4.69, 9.17) is 5.84 Å². The molecule has 0 saturated carbocycles. The number of hydrogen-bond donors (Lipinski definition) is 2. The van der Waals surface area contributed by atoms with Gasteiger partial charge in [-0.05, 0) is 18.2 Å². The van der Waals surface area contributed by atoms with Crippen LogP contribution in [0.25, 0.3) is 27.6 Å². The van der Waals surface area contributed by atoms with Crippen molar-refractivity contribution < 1.29 is 0 Å². The molecule has 0 fully saturated rings. The smallest absolute Gasteiger partial charge is 0.239 e. The number of nitrogens with zero attached hydrogens (tertiary/aromatic N) is 4. The summed E-state index contributed by atoms with van der Waals surface area (Å²) in [6.45, 7) is 0. The highest BCUT2D eigenvalue weighted by Gasteiger charge is 2.12. The van der Waals surface area contributed by atoms with Crippen LogP contribution in [0, 0.1) is 0 Å². The highest BCUT2D eigenvalue weighted by Crippen LogP contribution is 2.24. The number of fused-ring (bicyclic) bond motifs is 2. The summed E-state index contributed by atoms with van der Waals surface area (Å²) >= 11 is 0. The van der Waals surface area contributed by atoms with Crippen LogP contribution in [0.4, 0.5) is 5.95 Å². The van der Waals surface area contributed by atoms with E-state index >= 15 is 0 Å². The van der Waals surface area contributed by atoms with Crippen LogP contribution in [0.3, 0.4) is 0 Å². The van der Waals surface area contributed by atoms with E-state index < -0.39 is 0 Å². The van der Waals surface area contributed by atoms with E-state index in [1.807, 2.05) is 54.7 Å². The number of benzene rings is 2. The van der Waals surface area contributed by atoms with Gasteiger partial charge in [0.2, 0.25) is 5.95 Å². The summed E-state index contributed by atoms with van der Waals surface area (Å²) in [5.74, 6) is 6.54. The van der Waals surface area contributed by atoms with Gasteiger partial charge in [0.05, 0.1) is 17.2 Å². The SMILES string of the molecule is NNc1nc(-n2ncc3ccccc32)c2ccccc2n1. The maximum Gasteiger partial charge on any atom is 0.239 e. The number of nitrogens with one attached hydrogen (secondary N) is 1. The molecule has 6 nitrogen and oxygen atoms in total. The van der Waals surface area contributed by atoms with Gasteiger partial charge in [-0.2, -0.15) is 10.1 Å². The first-order valence-electron chi connectivity index (χ1n) is 6.53. The molecule has 0 unspecified atom stereocenters. The minimum Gasteiger partial charge on any atom is -0.292 e. The molecule has 0 spiro atoms. The fraction of sp³-hybridized carbons (Fsp3) is 0. The molecule has 0 amide bonds. The summed E-state index contributed by atoms with van der Waals surface area (Å²) in [6, 6.07) is 15.8. The molecule has 0 bridgehead atoms. The van der Waals surface area contributed by atoms with E-state index in [1.165, 1.54) is 0 Å². The lowest BCUT2D eigenvalue weighted by Crippen LogP contribution is -2.12. The van der Waals surface area contributed by atoms with Crippen molar-refractivity contribution in [2.24, 2.45) is 5.84 Å². The Balaban J connectivity index is 2.09. The Morgan fingerprint density at radius 3 is 2.67 bits per heavy atom. The normalized spacial score (nSPS) is 11.1. The predicted octanol–water partition coefficient (Wildman–Crippen LogP) is 2.25. The van der Waals surface area contributed by atoms with Crippen LogP contribution in [0.5, 0.6) is 0 Å². The molecule has 6 heteroatoms. The first kappa shape index (κ1) is 11.8. The fourth-order valence-corrected chi connectivity index (χ4v) is 2.43. The summed E-state index contributed by atoms with van der Waals surface area (Å²) < 4.78 is 1.81. The molecule has 0 aliphatic heterocycles. The summed E-state index contributed by atoms with van der Waals surface area (Å²) in [5, 5.41) is 6.43. The zero-order chi connectivity index (χ0) is 14.2. The lowest BCUT2D eigenvalue weighted by atomic mass is 10.2. The summed E-state index contributed by atoms with van der Waals surface area (Å²) in [5.41, 5.74) is 4.31. The van der Waals surface area contributed by atoms with Gasteiger partial charge in [-0.15, -0.1) is 0 Å². The number of anilines is 1. The van der Waals surface area contributed by atoms with Gasteiger partial charge < -0.3 is 0 Å². The van der Waals surface area contributed by atoms with Gasteiger partial charge in [0.1, 0.15) is 0 Å². The van der Waals surface area contributed by atoms with E-state index in [2.05, 4.69) is 20.5 Å². The van der Waals surface area contributed by atoms with Crippen LogP contribution in [0.15, 0.2) is 54.7 Å². The van der Waals surface area contributed by atoms with Gasteiger partial charge >= 0.3 is 0 Å². The number of nitrogen functional groups attached to an aromatic ring is 1. The fourth-order valence-electron chi connectivity index (χ4n) is 2.43. The van der Waals surface area contributed by atoms with Crippen LogP contribution in [-0.2, 0) is 0 Å². The highest BCUT2D eigenvalue weighted by molar-refractivity contribution is 5.89. The quantitative estimate of drug-likeness (QED) is 0.433. The molecule has 102 valence electrons. The van der Waals surface area contributed by atoms with E-state index in [9.17, 15) is 0 Å². The number of hydrogen-bond acceptors (Lipinski definition) is 5. The molecule has 0 atom stereocenters. The molecule has 0 aliphatic carbocycles. The zero-order valence-corrected chi connectivity index (χ0v) is 11.1. The summed E-state index contributed by atoms with van der Waals surface area (Å²) in [6.07, 6.45) is 1.82. The van der Waals surface area contributed by atoms with Crippen LogP contribution < -0.4 is 11.3 Å². The molecule has 2 aromatic carbocycles. The third-order valence-corrected chi connectivity index (χ3v) is 3.39. The average molecular weight is 276 g/mol. The number of hydrazine groups is 1. The number of rotatable bonds is 2. The van der Waals surface area contributed by atoms with Crippen molar-refractivity contribution in [3.63, 3.8) is 0 Å². The minimum atomic E-state index is 0.364. The van der Waals surface area contributed by atoms with Crippen molar-refractivity contribution in [1.29, 1.82) is 0 Å². The first-order chi connectivity index (χ1) is 10.4. The second-order valence-corrected chi connectivity index (χ2v) is 4.65. The lowest BCUT2D eigenvalue weighted by Gasteiger charge is -2.09. The zero-order valence-electron chi connectivity index (χ0n) is 11.1. The van der Waals surface area contributed by atoms with Crippen molar-refractivity contribution in [3.8, 4) is 5.82 Å². The van der Waals surface area contributed by atoms with E-state index in [-0.39, 0.29) is 0 Å². The molecule has 21 heavy (non-hydrogen) atoms. The summed E-state index contributed by atoms with van der Waals surface area (Å²) in [7, 11) is 0. The molecule has 2 aromatic heterocycles. The van der Waals surface area contributed by atoms with Gasteiger partial charge in [-0.3, -0.25) is 5.43 Å². The molecule has 3 N–H and O–H groups in total. The second kappa shape index (κ2) is 4.53. The Bertz CT molecular complexity index is 943. The Labute approximate surface area is 120 Å². The average Bonchev–Trinajstić information content (AvgIpc) is 2.97. The van der Waals surface area contributed by atoms with E-state index in [0.29, 0.717) is 11.8 Å². The van der Waals surface area contributed by atoms with Crippen LogP contribution in [-0.4, -0.2) is 19.7 Å². The summed E-state index contributed by atoms with van der Waals surface area (Å²) in [4.78, 5) is 8.82. The van der Waals surface area contributed by atoms with Crippen molar-refractivity contribution in [1.82, 2.24) is 19.7 Å². The second-order valence-electron chi connectivity index (χ2n) is 4.65. The third-order valence-electron chi connectivity index (χ3n) is 3.39. The van der Waals surface area contributed by atoms with Gasteiger partial charge in [-0.1, -0.05) is 30.3 Å². The standard InChI is InChI=1S/C15H12N6/c16-20-15-18-12-7-3-2-6-11(12)14(19-15)21-13-8-4-1-5-10(13)9-17-21/h1-9H,16H2,(H,18,19,20). The predicted molar refractivity (Wildman–Crippen MR) is 82.0 cm³/mol. The molecular weight excluding hydrogens is 264 g/mol. The maximum atomic E-state index is 5.47.